The molecule has 1 aromatic carbocycles. The average molecular weight is 287 g/mol. The second-order valence-corrected chi connectivity index (χ2v) is 4.79. The third-order valence-electron chi connectivity index (χ3n) is 3.05. The van der Waals surface area contributed by atoms with Crippen LogP contribution in [-0.2, 0) is 11.2 Å². The van der Waals surface area contributed by atoms with Gasteiger partial charge in [-0.3, -0.25) is 14.7 Å². The molecule has 1 amide bonds. The molecule has 1 heterocycles. The highest BCUT2D eigenvalue weighted by atomic mass is 16.4. The second-order valence-electron chi connectivity index (χ2n) is 4.79. The van der Waals surface area contributed by atoms with Gasteiger partial charge < -0.3 is 10.0 Å². The highest BCUT2D eigenvalue weighted by Gasteiger charge is 2.20. The van der Waals surface area contributed by atoms with Crippen LogP contribution in [0, 0.1) is 6.92 Å². The van der Waals surface area contributed by atoms with Gasteiger partial charge in [-0.2, -0.15) is 5.10 Å². The van der Waals surface area contributed by atoms with Crippen LogP contribution in [-0.4, -0.2) is 45.2 Å². The number of hydrogen-bond donors (Lipinski definition) is 2. The fourth-order valence-corrected chi connectivity index (χ4v) is 2.01. The molecule has 0 fully saturated rings. The maximum absolute atomic E-state index is 12.3. The molecule has 110 valence electrons. The van der Waals surface area contributed by atoms with E-state index in [1.54, 1.807) is 13.0 Å². The summed E-state index contributed by atoms with van der Waals surface area (Å²) < 4.78 is 0. The van der Waals surface area contributed by atoms with Crippen molar-refractivity contribution in [1.29, 1.82) is 0 Å². The number of nitrogens with one attached hydrogen (secondary N) is 1. The first kappa shape index (κ1) is 14.8. The largest absolute Gasteiger partial charge is 0.480 e. The van der Waals surface area contributed by atoms with Crippen LogP contribution in [0.25, 0.3) is 0 Å². The first-order valence-electron chi connectivity index (χ1n) is 6.63. The Labute approximate surface area is 122 Å². The van der Waals surface area contributed by atoms with E-state index in [0.717, 1.165) is 11.3 Å². The molecule has 0 aliphatic heterocycles. The van der Waals surface area contributed by atoms with E-state index in [0.29, 0.717) is 13.0 Å². The first-order chi connectivity index (χ1) is 10.1. The Hall–Kier alpha value is -2.63. The number of carboxylic acid groups (broad SMARTS) is 1. The minimum Gasteiger partial charge on any atom is -0.480 e. The van der Waals surface area contributed by atoms with E-state index >= 15 is 0 Å². The van der Waals surface area contributed by atoms with Crippen molar-refractivity contribution in [2.24, 2.45) is 0 Å². The molecule has 2 N–H and O–H groups in total. The maximum Gasteiger partial charge on any atom is 0.323 e. The summed E-state index contributed by atoms with van der Waals surface area (Å²) in [5.74, 6) is -1.42. The summed E-state index contributed by atoms with van der Waals surface area (Å²) in [5.41, 5.74) is 2.05. The van der Waals surface area contributed by atoms with Crippen molar-refractivity contribution in [3.8, 4) is 0 Å². The van der Waals surface area contributed by atoms with E-state index < -0.39 is 5.97 Å². The first-order valence-corrected chi connectivity index (χ1v) is 6.63. The van der Waals surface area contributed by atoms with Crippen molar-refractivity contribution in [2.75, 3.05) is 13.1 Å². The van der Waals surface area contributed by atoms with Crippen LogP contribution >= 0.6 is 0 Å². The SMILES string of the molecule is Cc1cc(C(=O)N(CCc2ccccc2)CC(=O)O)n[nH]1. The van der Waals surface area contributed by atoms with Crippen LogP contribution < -0.4 is 0 Å². The van der Waals surface area contributed by atoms with Gasteiger partial charge in [-0.05, 0) is 25.0 Å². The smallest absolute Gasteiger partial charge is 0.323 e. The van der Waals surface area contributed by atoms with Crippen molar-refractivity contribution in [1.82, 2.24) is 15.1 Å². The molecular formula is C15H17N3O3. The summed E-state index contributed by atoms with van der Waals surface area (Å²) in [6, 6.07) is 11.2. The minimum atomic E-state index is -1.04. The van der Waals surface area contributed by atoms with Crippen LogP contribution in [0.4, 0.5) is 0 Å². The Morgan fingerprint density at radius 3 is 2.57 bits per heavy atom. The molecule has 6 heteroatoms. The number of carboxylic acids is 1. The van der Waals surface area contributed by atoms with Crippen molar-refractivity contribution < 1.29 is 14.7 Å². The number of carbonyl (C=O) groups is 2. The molecule has 2 rings (SSSR count). The van der Waals surface area contributed by atoms with Gasteiger partial charge in [0, 0.05) is 12.2 Å². The van der Waals surface area contributed by atoms with Crippen molar-refractivity contribution in [2.45, 2.75) is 13.3 Å². The van der Waals surface area contributed by atoms with Crippen LogP contribution in [0.15, 0.2) is 36.4 Å². The molecule has 21 heavy (non-hydrogen) atoms. The predicted molar refractivity (Wildman–Crippen MR) is 77.0 cm³/mol. The number of nitrogens with zero attached hydrogens (tertiary/aromatic N) is 2. The van der Waals surface area contributed by atoms with Gasteiger partial charge in [-0.1, -0.05) is 30.3 Å². The Kier molecular flexibility index (Phi) is 4.71. The monoisotopic (exact) mass is 287 g/mol. The normalized spacial score (nSPS) is 10.3. The zero-order valence-electron chi connectivity index (χ0n) is 11.7. The van der Waals surface area contributed by atoms with Gasteiger partial charge >= 0.3 is 5.97 Å². The molecule has 0 aliphatic carbocycles. The van der Waals surface area contributed by atoms with Gasteiger partial charge in [-0.15, -0.1) is 0 Å². The van der Waals surface area contributed by atoms with Gasteiger partial charge in [0.2, 0.25) is 0 Å². The highest BCUT2D eigenvalue weighted by Crippen LogP contribution is 2.07. The summed E-state index contributed by atoms with van der Waals surface area (Å²) in [7, 11) is 0. The molecule has 0 aliphatic rings. The third-order valence-corrected chi connectivity index (χ3v) is 3.05. The Balaban J connectivity index is 2.07. The Bertz CT molecular complexity index is 622. The summed E-state index contributed by atoms with van der Waals surface area (Å²) >= 11 is 0. The van der Waals surface area contributed by atoms with Crippen LogP contribution in [0.5, 0.6) is 0 Å². The fourth-order valence-electron chi connectivity index (χ4n) is 2.01. The number of hydrogen-bond acceptors (Lipinski definition) is 3. The maximum atomic E-state index is 12.3. The van der Waals surface area contributed by atoms with Crippen molar-refractivity contribution in [3.05, 3.63) is 53.3 Å². The number of aromatic nitrogens is 2. The molecule has 0 saturated heterocycles. The average Bonchev–Trinajstić information content (AvgIpc) is 2.90. The van der Waals surface area contributed by atoms with E-state index in [2.05, 4.69) is 10.2 Å². The third kappa shape index (κ3) is 4.17. The zero-order valence-corrected chi connectivity index (χ0v) is 11.7. The molecule has 0 bridgehead atoms. The molecule has 0 atom stereocenters. The molecule has 0 radical (unpaired) electrons. The topological polar surface area (TPSA) is 86.3 Å². The minimum absolute atomic E-state index is 0.238. The number of aromatic amines is 1. The molecule has 1 aromatic heterocycles. The second kappa shape index (κ2) is 6.69. The van der Waals surface area contributed by atoms with Gasteiger partial charge in [0.1, 0.15) is 12.2 Å². The number of aryl methyl sites for hydroxylation is 1. The van der Waals surface area contributed by atoms with Gasteiger partial charge in [0.25, 0.3) is 5.91 Å². The van der Waals surface area contributed by atoms with E-state index in [-0.39, 0.29) is 18.1 Å². The quantitative estimate of drug-likeness (QED) is 0.842. The van der Waals surface area contributed by atoms with Crippen LogP contribution in [0.1, 0.15) is 21.7 Å². The number of carbonyl (C=O) groups excluding carboxylic acids is 1. The summed E-state index contributed by atoms with van der Waals surface area (Å²) in [6.45, 7) is 1.79. The predicted octanol–water partition coefficient (Wildman–Crippen LogP) is 1.49. The molecule has 2 aromatic rings. The Morgan fingerprint density at radius 2 is 2.00 bits per heavy atom. The van der Waals surface area contributed by atoms with Crippen molar-refractivity contribution >= 4 is 11.9 Å². The number of H-pyrrole nitrogens is 1. The lowest BCUT2D eigenvalue weighted by Gasteiger charge is -2.19. The highest BCUT2D eigenvalue weighted by molar-refractivity contribution is 5.94. The molecule has 6 nitrogen and oxygen atoms in total. The van der Waals surface area contributed by atoms with Gasteiger partial charge in [0.05, 0.1) is 0 Å². The van der Waals surface area contributed by atoms with E-state index in [4.69, 9.17) is 5.11 Å². The standard InChI is InChI=1S/C15H17N3O3/c1-11-9-13(17-16-11)15(21)18(10-14(19)20)8-7-12-5-3-2-4-6-12/h2-6,9H,7-8,10H2,1H3,(H,16,17)(H,19,20). The van der Waals surface area contributed by atoms with Crippen LogP contribution in [0.3, 0.4) is 0 Å². The van der Waals surface area contributed by atoms with E-state index in [9.17, 15) is 9.59 Å². The summed E-state index contributed by atoms with van der Waals surface area (Å²) in [4.78, 5) is 24.5. The molecule has 0 saturated carbocycles. The number of amides is 1. The molecule has 0 unspecified atom stereocenters. The molecular weight excluding hydrogens is 270 g/mol. The van der Waals surface area contributed by atoms with E-state index in [1.165, 1.54) is 4.90 Å². The van der Waals surface area contributed by atoms with Gasteiger partial charge in [-0.25, -0.2) is 0 Å². The van der Waals surface area contributed by atoms with Crippen LogP contribution in [0.2, 0.25) is 0 Å². The number of rotatable bonds is 6. The lowest BCUT2D eigenvalue weighted by Crippen LogP contribution is -2.37. The fraction of sp³-hybridized carbons (Fsp3) is 0.267. The van der Waals surface area contributed by atoms with E-state index in [1.807, 2.05) is 30.3 Å². The zero-order chi connectivity index (χ0) is 15.2. The summed E-state index contributed by atoms with van der Waals surface area (Å²) in [6.07, 6.45) is 0.600. The molecule has 0 spiro atoms. The lowest BCUT2D eigenvalue weighted by molar-refractivity contribution is -0.137. The van der Waals surface area contributed by atoms with Gasteiger partial charge in [0.15, 0.2) is 0 Å². The summed E-state index contributed by atoms with van der Waals surface area (Å²) in [5, 5.41) is 15.5. The lowest BCUT2D eigenvalue weighted by atomic mass is 10.1. The number of aliphatic carboxylic acids is 1. The Morgan fingerprint density at radius 1 is 1.29 bits per heavy atom. The van der Waals surface area contributed by atoms with Crippen molar-refractivity contribution in [3.63, 3.8) is 0 Å². The number of benzene rings is 1.